The molecule has 0 aliphatic heterocycles. The van der Waals surface area contributed by atoms with Crippen molar-refractivity contribution in [1.82, 2.24) is 5.32 Å². The van der Waals surface area contributed by atoms with Gasteiger partial charge in [0.15, 0.2) is 0 Å². The van der Waals surface area contributed by atoms with E-state index in [2.05, 4.69) is 31.3 Å². The quantitative estimate of drug-likeness (QED) is 0.840. The van der Waals surface area contributed by atoms with Crippen LogP contribution in [0.5, 0.6) is 0 Å². The Labute approximate surface area is 105 Å². The van der Waals surface area contributed by atoms with Crippen LogP contribution in [0.2, 0.25) is 0 Å². The van der Waals surface area contributed by atoms with Crippen molar-refractivity contribution in [3.63, 3.8) is 0 Å². The molecule has 0 saturated heterocycles. The molecule has 96 valence electrons. The zero-order valence-corrected chi connectivity index (χ0v) is 11.2. The number of hydrogen-bond acceptors (Lipinski definition) is 2. The smallest absolute Gasteiger partial charge is 0.117 e. The van der Waals surface area contributed by atoms with E-state index >= 15 is 0 Å². The van der Waals surface area contributed by atoms with Crippen LogP contribution in [0.1, 0.15) is 51.1 Å². The molecule has 2 atom stereocenters. The van der Waals surface area contributed by atoms with Crippen molar-refractivity contribution in [2.24, 2.45) is 11.8 Å². The summed E-state index contributed by atoms with van der Waals surface area (Å²) < 4.78 is 5.69. The van der Waals surface area contributed by atoms with E-state index in [9.17, 15) is 0 Å². The van der Waals surface area contributed by atoms with Crippen LogP contribution >= 0.6 is 0 Å². The lowest BCUT2D eigenvalue weighted by molar-refractivity contribution is 0.245. The Hall–Kier alpha value is -0.760. The van der Waals surface area contributed by atoms with E-state index in [1.54, 1.807) is 0 Å². The maximum Gasteiger partial charge on any atom is 0.117 e. The molecule has 0 amide bonds. The van der Waals surface area contributed by atoms with Gasteiger partial charge in [-0.25, -0.2) is 0 Å². The maximum absolute atomic E-state index is 5.69. The second-order valence-corrected chi connectivity index (χ2v) is 5.37. The normalized spacial score (nSPS) is 25.1. The summed E-state index contributed by atoms with van der Waals surface area (Å²) in [7, 11) is 0. The average molecular weight is 235 g/mol. The largest absolute Gasteiger partial charge is 0.465 e. The molecule has 2 unspecified atom stereocenters. The molecule has 2 rings (SSSR count). The Balaban J connectivity index is 1.71. The fourth-order valence-electron chi connectivity index (χ4n) is 2.78. The SMILES string of the molecule is CCc1ccc(CNCC2CCCCC2C)o1. The molecule has 1 aromatic heterocycles. The lowest BCUT2D eigenvalue weighted by atomic mass is 9.80. The Morgan fingerprint density at radius 3 is 2.71 bits per heavy atom. The van der Waals surface area contributed by atoms with Gasteiger partial charge in [0.2, 0.25) is 0 Å². The van der Waals surface area contributed by atoms with Gasteiger partial charge < -0.3 is 9.73 Å². The van der Waals surface area contributed by atoms with Gasteiger partial charge in [-0.3, -0.25) is 0 Å². The summed E-state index contributed by atoms with van der Waals surface area (Å²) in [6.07, 6.45) is 6.63. The summed E-state index contributed by atoms with van der Waals surface area (Å²) in [5, 5.41) is 3.55. The molecule has 1 saturated carbocycles. The van der Waals surface area contributed by atoms with E-state index in [-0.39, 0.29) is 0 Å². The van der Waals surface area contributed by atoms with Gasteiger partial charge in [-0.1, -0.05) is 33.1 Å². The molecule has 0 radical (unpaired) electrons. The third-order valence-corrected chi connectivity index (χ3v) is 4.06. The minimum absolute atomic E-state index is 0.865. The molecule has 1 N–H and O–H groups in total. The fourth-order valence-corrected chi connectivity index (χ4v) is 2.78. The van der Waals surface area contributed by atoms with Crippen LogP contribution in [0, 0.1) is 11.8 Å². The fraction of sp³-hybridized carbons (Fsp3) is 0.733. The highest BCUT2D eigenvalue weighted by Crippen LogP contribution is 2.28. The average Bonchev–Trinajstić information content (AvgIpc) is 2.80. The highest BCUT2D eigenvalue weighted by Gasteiger charge is 2.20. The van der Waals surface area contributed by atoms with E-state index in [0.29, 0.717) is 0 Å². The topological polar surface area (TPSA) is 25.2 Å². The first kappa shape index (κ1) is 12.7. The lowest BCUT2D eigenvalue weighted by Crippen LogP contribution is -2.28. The molecule has 1 heterocycles. The third-order valence-electron chi connectivity index (χ3n) is 4.06. The summed E-state index contributed by atoms with van der Waals surface area (Å²) in [5.41, 5.74) is 0. The Kier molecular flexibility index (Phi) is 4.66. The zero-order valence-electron chi connectivity index (χ0n) is 11.2. The molecular formula is C15H25NO. The molecule has 1 aliphatic carbocycles. The second kappa shape index (κ2) is 6.25. The summed E-state index contributed by atoms with van der Waals surface area (Å²) in [4.78, 5) is 0. The van der Waals surface area contributed by atoms with Crippen LogP contribution < -0.4 is 5.32 Å². The van der Waals surface area contributed by atoms with Crippen LogP contribution in [0.3, 0.4) is 0 Å². The molecule has 1 fully saturated rings. The molecule has 0 aromatic carbocycles. The Bertz CT molecular complexity index is 331. The van der Waals surface area contributed by atoms with Gasteiger partial charge in [0.05, 0.1) is 6.54 Å². The van der Waals surface area contributed by atoms with Gasteiger partial charge in [0.25, 0.3) is 0 Å². The van der Waals surface area contributed by atoms with Crippen molar-refractivity contribution < 1.29 is 4.42 Å². The minimum atomic E-state index is 0.865. The summed E-state index contributed by atoms with van der Waals surface area (Å²) in [5.74, 6) is 3.92. The highest BCUT2D eigenvalue weighted by molar-refractivity contribution is 5.06. The Morgan fingerprint density at radius 1 is 1.24 bits per heavy atom. The zero-order chi connectivity index (χ0) is 12.1. The predicted octanol–water partition coefficient (Wildman–Crippen LogP) is 3.76. The molecule has 2 nitrogen and oxygen atoms in total. The summed E-state index contributed by atoms with van der Waals surface area (Å²) >= 11 is 0. The Morgan fingerprint density at radius 2 is 2.00 bits per heavy atom. The van der Waals surface area contributed by atoms with Gasteiger partial charge in [0, 0.05) is 6.42 Å². The molecular weight excluding hydrogens is 210 g/mol. The predicted molar refractivity (Wildman–Crippen MR) is 70.9 cm³/mol. The van der Waals surface area contributed by atoms with E-state index in [1.807, 2.05) is 0 Å². The van der Waals surface area contributed by atoms with Crippen molar-refractivity contribution in [2.45, 2.75) is 52.5 Å². The van der Waals surface area contributed by atoms with Crippen molar-refractivity contribution in [1.29, 1.82) is 0 Å². The van der Waals surface area contributed by atoms with E-state index < -0.39 is 0 Å². The molecule has 0 spiro atoms. The van der Waals surface area contributed by atoms with Gasteiger partial charge in [-0.05, 0) is 36.9 Å². The van der Waals surface area contributed by atoms with Crippen molar-refractivity contribution in [3.8, 4) is 0 Å². The molecule has 0 bridgehead atoms. The van der Waals surface area contributed by atoms with Crippen LogP contribution in [0.25, 0.3) is 0 Å². The summed E-state index contributed by atoms with van der Waals surface area (Å²) in [6, 6.07) is 4.18. The monoisotopic (exact) mass is 235 g/mol. The first-order valence-electron chi connectivity index (χ1n) is 7.08. The highest BCUT2D eigenvalue weighted by atomic mass is 16.3. The van der Waals surface area contributed by atoms with Crippen molar-refractivity contribution in [3.05, 3.63) is 23.7 Å². The van der Waals surface area contributed by atoms with E-state index in [4.69, 9.17) is 4.42 Å². The van der Waals surface area contributed by atoms with Gasteiger partial charge in [-0.2, -0.15) is 0 Å². The number of nitrogens with one attached hydrogen (secondary N) is 1. The second-order valence-electron chi connectivity index (χ2n) is 5.37. The van der Waals surface area contributed by atoms with Crippen LogP contribution in [0.4, 0.5) is 0 Å². The standard InChI is InChI=1S/C15H25NO/c1-3-14-8-9-15(17-14)11-16-10-13-7-5-4-6-12(13)2/h8-9,12-13,16H,3-7,10-11H2,1-2H3. The van der Waals surface area contributed by atoms with Crippen LogP contribution in [0.15, 0.2) is 16.5 Å². The first-order valence-corrected chi connectivity index (χ1v) is 7.08. The van der Waals surface area contributed by atoms with Crippen molar-refractivity contribution >= 4 is 0 Å². The van der Waals surface area contributed by atoms with Gasteiger partial charge in [0.1, 0.15) is 11.5 Å². The van der Waals surface area contributed by atoms with Gasteiger partial charge in [-0.15, -0.1) is 0 Å². The number of rotatable bonds is 5. The third kappa shape index (κ3) is 3.60. The number of aryl methyl sites for hydroxylation is 1. The molecule has 1 aliphatic rings. The molecule has 2 heteroatoms. The van der Waals surface area contributed by atoms with E-state index in [1.165, 1.54) is 25.7 Å². The van der Waals surface area contributed by atoms with Crippen LogP contribution in [-0.2, 0) is 13.0 Å². The molecule has 17 heavy (non-hydrogen) atoms. The molecule has 1 aromatic rings. The first-order chi connectivity index (χ1) is 8.29. The van der Waals surface area contributed by atoms with Crippen molar-refractivity contribution in [2.75, 3.05) is 6.54 Å². The van der Waals surface area contributed by atoms with Gasteiger partial charge >= 0.3 is 0 Å². The number of furan rings is 1. The number of hydrogen-bond donors (Lipinski definition) is 1. The van der Waals surface area contributed by atoms with E-state index in [0.717, 1.165) is 42.9 Å². The minimum Gasteiger partial charge on any atom is -0.465 e. The lowest BCUT2D eigenvalue weighted by Gasteiger charge is -2.28. The maximum atomic E-state index is 5.69. The summed E-state index contributed by atoms with van der Waals surface area (Å²) in [6.45, 7) is 6.54. The van der Waals surface area contributed by atoms with Crippen LogP contribution in [-0.4, -0.2) is 6.54 Å².